The fraction of sp³-hybridized carbons (Fsp3) is 0.118. The second-order valence-electron chi connectivity index (χ2n) is 5.33. The van der Waals surface area contributed by atoms with Crippen LogP contribution in [0.2, 0.25) is 0 Å². The lowest BCUT2D eigenvalue weighted by Gasteiger charge is -2.07. The van der Waals surface area contributed by atoms with E-state index in [0.717, 1.165) is 21.0 Å². The highest BCUT2D eigenvalue weighted by atomic mass is 79.9. The van der Waals surface area contributed by atoms with E-state index in [4.69, 9.17) is 0 Å². The average Bonchev–Trinajstić information content (AvgIpc) is 2.97. The maximum Gasteiger partial charge on any atom is 0.191 e. The Bertz CT molecular complexity index is 1060. The Balaban J connectivity index is 1.79. The number of aromatic nitrogens is 4. The zero-order valence-corrected chi connectivity index (χ0v) is 15.1. The number of halogens is 2. The van der Waals surface area contributed by atoms with Crippen molar-refractivity contribution in [3.8, 4) is 0 Å². The Morgan fingerprint density at radius 3 is 2.88 bits per heavy atom. The van der Waals surface area contributed by atoms with Crippen LogP contribution in [0.25, 0.3) is 16.6 Å². The van der Waals surface area contributed by atoms with Gasteiger partial charge in [-0.05, 0) is 42.8 Å². The fourth-order valence-corrected chi connectivity index (χ4v) is 3.85. The molecule has 0 aliphatic carbocycles. The van der Waals surface area contributed by atoms with Crippen LogP contribution < -0.4 is 0 Å². The van der Waals surface area contributed by atoms with Crippen LogP contribution in [0.3, 0.4) is 0 Å². The van der Waals surface area contributed by atoms with E-state index in [1.54, 1.807) is 16.6 Å². The van der Waals surface area contributed by atoms with E-state index in [1.807, 2.05) is 31.2 Å². The van der Waals surface area contributed by atoms with Crippen LogP contribution in [0.4, 0.5) is 4.39 Å². The van der Waals surface area contributed by atoms with E-state index in [9.17, 15) is 4.39 Å². The molecule has 0 radical (unpaired) electrons. The summed E-state index contributed by atoms with van der Waals surface area (Å²) in [6.07, 6.45) is 0. The summed E-state index contributed by atoms with van der Waals surface area (Å²) < 4.78 is 16.5. The first kappa shape index (κ1) is 15.5. The molecule has 24 heavy (non-hydrogen) atoms. The lowest BCUT2D eigenvalue weighted by Crippen LogP contribution is -1.99. The molecule has 4 nitrogen and oxygen atoms in total. The van der Waals surface area contributed by atoms with Crippen LogP contribution in [0.1, 0.15) is 11.4 Å². The molecule has 4 aromatic rings. The molecule has 2 heterocycles. The molecule has 0 amide bonds. The highest BCUT2D eigenvalue weighted by molar-refractivity contribution is 9.10. The third-order valence-corrected chi connectivity index (χ3v) is 5.09. The monoisotopic (exact) mass is 402 g/mol. The van der Waals surface area contributed by atoms with Crippen molar-refractivity contribution in [3.05, 3.63) is 64.1 Å². The molecule has 0 N–H and O–H groups in total. The second-order valence-corrected chi connectivity index (χ2v) is 7.19. The van der Waals surface area contributed by atoms with Gasteiger partial charge >= 0.3 is 0 Å². The van der Waals surface area contributed by atoms with Crippen molar-refractivity contribution in [3.63, 3.8) is 0 Å². The van der Waals surface area contributed by atoms with Gasteiger partial charge in [0.1, 0.15) is 11.6 Å². The highest BCUT2D eigenvalue weighted by Crippen LogP contribution is 2.28. The van der Waals surface area contributed by atoms with Crippen molar-refractivity contribution in [2.45, 2.75) is 17.8 Å². The topological polar surface area (TPSA) is 43.1 Å². The van der Waals surface area contributed by atoms with Gasteiger partial charge in [-0.1, -0.05) is 39.8 Å². The zero-order chi connectivity index (χ0) is 16.7. The molecule has 0 saturated heterocycles. The molecule has 2 aromatic heterocycles. The van der Waals surface area contributed by atoms with Gasteiger partial charge in [0.25, 0.3) is 0 Å². The molecule has 0 unspecified atom stereocenters. The molecule has 7 heteroatoms. The fourth-order valence-electron chi connectivity index (χ4n) is 2.52. The predicted molar refractivity (Wildman–Crippen MR) is 96.7 cm³/mol. The minimum absolute atomic E-state index is 0.225. The minimum Gasteiger partial charge on any atom is -0.222 e. The minimum atomic E-state index is -0.225. The lowest BCUT2D eigenvalue weighted by atomic mass is 10.2. The summed E-state index contributed by atoms with van der Waals surface area (Å²) in [7, 11) is 0. The van der Waals surface area contributed by atoms with Gasteiger partial charge in [-0.2, -0.15) is 4.52 Å². The molecular formula is C17H12BrFN4S. The molecule has 0 fully saturated rings. The molecule has 4 rings (SSSR count). The number of hydrogen-bond donors (Lipinski definition) is 0. The van der Waals surface area contributed by atoms with Crippen molar-refractivity contribution in [2.24, 2.45) is 0 Å². The number of benzene rings is 2. The number of aryl methyl sites for hydroxylation is 1. The van der Waals surface area contributed by atoms with Crippen LogP contribution in [-0.2, 0) is 5.75 Å². The van der Waals surface area contributed by atoms with Crippen LogP contribution in [0, 0.1) is 12.7 Å². The average molecular weight is 403 g/mol. The number of nitrogens with zero attached hydrogens (tertiary/aromatic N) is 4. The number of hydrogen-bond acceptors (Lipinski definition) is 4. The molecule has 0 spiro atoms. The SMILES string of the molecule is Cc1nc2c3ccccc3nc(SCc3cc(Br)ccc3F)n2n1. The van der Waals surface area contributed by atoms with Crippen molar-refractivity contribution in [2.75, 3.05) is 0 Å². The van der Waals surface area contributed by atoms with Crippen LogP contribution in [0.15, 0.2) is 52.1 Å². The van der Waals surface area contributed by atoms with Gasteiger partial charge in [0.15, 0.2) is 10.8 Å². The van der Waals surface area contributed by atoms with E-state index < -0.39 is 0 Å². The third-order valence-electron chi connectivity index (χ3n) is 3.62. The van der Waals surface area contributed by atoms with Gasteiger partial charge in [0.05, 0.1) is 5.52 Å². The van der Waals surface area contributed by atoms with Gasteiger partial charge in [0.2, 0.25) is 0 Å². The maximum absolute atomic E-state index is 14.0. The largest absolute Gasteiger partial charge is 0.222 e. The Morgan fingerprint density at radius 2 is 2.00 bits per heavy atom. The number of para-hydroxylation sites is 1. The normalized spacial score (nSPS) is 11.5. The molecular weight excluding hydrogens is 391 g/mol. The van der Waals surface area contributed by atoms with Gasteiger partial charge < -0.3 is 0 Å². The van der Waals surface area contributed by atoms with E-state index >= 15 is 0 Å². The standard InChI is InChI=1S/C17H12BrFN4S/c1-10-20-16-13-4-2-3-5-15(13)21-17(23(16)22-10)24-9-11-8-12(18)6-7-14(11)19/h2-8H,9H2,1H3. The van der Waals surface area contributed by atoms with Crippen molar-refractivity contribution in [1.29, 1.82) is 0 Å². The summed E-state index contributed by atoms with van der Waals surface area (Å²) in [5.74, 6) is 0.922. The smallest absolute Gasteiger partial charge is 0.191 e. The Hall–Kier alpha value is -1.99. The van der Waals surface area contributed by atoms with Crippen molar-refractivity contribution < 1.29 is 4.39 Å². The molecule has 0 saturated carbocycles. The van der Waals surface area contributed by atoms with E-state index in [2.05, 4.69) is 31.0 Å². The quantitative estimate of drug-likeness (QED) is 0.365. The molecule has 0 atom stereocenters. The lowest BCUT2D eigenvalue weighted by molar-refractivity contribution is 0.617. The number of fused-ring (bicyclic) bond motifs is 3. The van der Waals surface area contributed by atoms with E-state index in [0.29, 0.717) is 22.3 Å². The van der Waals surface area contributed by atoms with E-state index in [1.165, 1.54) is 17.8 Å². The first-order valence-electron chi connectivity index (χ1n) is 7.30. The van der Waals surface area contributed by atoms with E-state index in [-0.39, 0.29) is 5.82 Å². The summed E-state index contributed by atoms with van der Waals surface area (Å²) in [4.78, 5) is 9.18. The Kier molecular flexibility index (Phi) is 3.97. The van der Waals surface area contributed by atoms with Gasteiger partial charge in [-0.15, -0.1) is 5.10 Å². The summed E-state index contributed by atoms with van der Waals surface area (Å²) in [5, 5.41) is 6.09. The summed E-state index contributed by atoms with van der Waals surface area (Å²) in [6, 6.07) is 12.8. The van der Waals surface area contributed by atoms with Crippen LogP contribution >= 0.6 is 27.7 Å². The predicted octanol–water partition coefficient (Wildman–Crippen LogP) is 4.78. The molecule has 120 valence electrons. The van der Waals surface area contributed by atoms with Crippen LogP contribution in [0.5, 0.6) is 0 Å². The Morgan fingerprint density at radius 1 is 1.17 bits per heavy atom. The third kappa shape index (κ3) is 2.78. The van der Waals surface area contributed by atoms with Crippen LogP contribution in [-0.4, -0.2) is 19.6 Å². The summed E-state index contributed by atoms with van der Waals surface area (Å²) in [5.41, 5.74) is 2.25. The number of rotatable bonds is 3. The second kappa shape index (κ2) is 6.14. The molecule has 2 aromatic carbocycles. The maximum atomic E-state index is 14.0. The highest BCUT2D eigenvalue weighted by Gasteiger charge is 2.13. The van der Waals surface area contributed by atoms with Gasteiger partial charge in [0, 0.05) is 15.6 Å². The van der Waals surface area contributed by atoms with Gasteiger partial charge in [-0.25, -0.2) is 14.4 Å². The number of thioether (sulfide) groups is 1. The first-order valence-corrected chi connectivity index (χ1v) is 9.08. The molecule has 0 aliphatic heterocycles. The molecule has 0 bridgehead atoms. The van der Waals surface area contributed by atoms with Gasteiger partial charge in [-0.3, -0.25) is 0 Å². The summed E-state index contributed by atoms with van der Waals surface area (Å²) in [6.45, 7) is 1.85. The van der Waals surface area contributed by atoms with Crippen molar-refractivity contribution >= 4 is 44.2 Å². The van der Waals surface area contributed by atoms with Crippen molar-refractivity contribution in [1.82, 2.24) is 19.6 Å². The molecule has 0 aliphatic rings. The first-order chi connectivity index (χ1) is 11.6. The summed E-state index contributed by atoms with van der Waals surface area (Å²) >= 11 is 4.82. The zero-order valence-electron chi connectivity index (χ0n) is 12.7. The Labute approximate surface area is 150 Å².